The van der Waals surface area contributed by atoms with Crippen molar-refractivity contribution in [2.75, 3.05) is 32.3 Å². The van der Waals surface area contributed by atoms with Crippen molar-refractivity contribution in [3.05, 3.63) is 0 Å². The molecule has 0 aromatic carbocycles. The van der Waals surface area contributed by atoms with Gasteiger partial charge >= 0.3 is 0 Å². The summed E-state index contributed by atoms with van der Waals surface area (Å²) in [7, 11) is 1.05. The van der Waals surface area contributed by atoms with E-state index in [0.29, 0.717) is 12.0 Å². The minimum Gasteiger partial charge on any atom is -0.383 e. The van der Waals surface area contributed by atoms with Crippen molar-refractivity contribution in [1.29, 1.82) is 0 Å². The van der Waals surface area contributed by atoms with Crippen LogP contribution in [-0.2, 0) is 15.5 Å². The number of rotatable bonds is 8. The van der Waals surface area contributed by atoms with Gasteiger partial charge in [-0.2, -0.15) is 0 Å². The van der Waals surface area contributed by atoms with Gasteiger partial charge in [0, 0.05) is 36.0 Å². The van der Waals surface area contributed by atoms with E-state index in [-0.39, 0.29) is 0 Å². The Labute approximate surface area is 90.1 Å². The summed E-state index contributed by atoms with van der Waals surface area (Å²) in [4.78, 5) is 0. The zero-order chi connectivity index (χ0) is 11.0. The molecule has 0 radical (unpaired) electrons. The van der Waals surface area contributed by atoms with Gasteiger partial charge in [-0.15, -0.1) is 0 Å². The van der Waals surface area contributed by atoms with E-state index in [1.54, 1.807) is 13.4 Å². The maximum Gasteiger partial charge on any atom is 0.0618 e. The minimum atomic E-state index is -0.666. The van der Waals surface area contributed by atoms with E-state index in [1.165, 1.54) is 0 Å². The molecule has 0 saturated carbocycles. The van der Waals surface area contributed by atoms with Crippen LogP contribution in [0.25, 0.3) is 0 Å². The Morgan fingerprint density at radius 3 is 2.50 bits per heavy atom. The molecule has 0 aliphatic carbocycles. The first-order valence-corrected chi connectivity index (χ1v) is 6.83. The Balaban J connectivity index is 3.55. The average Bonchev–Trinajstić information content (AvgIpc) is 2.09. The molecule has 0 rings (SSSR count). The van der Waals surface area contributed by atoms with Crippen molar-refractivity contribution in [2.45, 2.75) is 26.3 Å². The first-order valence-electron chi connectivity index (χ1n) is 5.10. The summed E-state index contributed by atoms with van der Waals surface area (Å²) in [5.41, 5.74) is 0. The fourth-order valence-corrected chi connectivity index (χ4v) is 1.78. The van der Waals surface area contributed by atoms with Crippen molar-refractivity contribution in [3.8, 4) is 0 Å². The first kappa shape index (κ1) is 14.1. The molecular weight excluding hydrogens is 198 g/mol. The van der Waals surface area contributed by atoms with Gasteiger partial charge in [-0.05, 0) is 18.9 Å². The summed E-state index contributed by atoms with van der Waals surface area (Å²) >= 11 is 0. The maximum atomic E-state index is 10.8. The Morgan fingerprint density at radius 2 is 2.07 bits per heavy atom. The van der Waals surface area contributed by atoms with Crippen LogP contribution in [0.3, 0.4) is 0 Å². The molecule has 0 aromatic rings. The van der Waals surface area contributed by atoms with Crippen molar-refractivity contribution in [3.63, 3.8) is 0 Å². The highest BCUT2D eigenvalue weighted by Gasteiger charge is 2.11. The molecule has 1 N–H and O–H groups in total. The van der Waals surface area contributed by atoms with Crippen LogP contribution in [0.15, 0.2) is 0 Å². The van der Waals surface area contributed by atoms with Gasteiger partial charge in [0.2, 0.25) is 0 Å². The summed E-state index contributed by atoms with van der Waals surface area (Å²) in [6, 6.07) is 0.408. The lowest BCUT2D eigenvalue weighted by atomic mass is 10.1. The van der Waals surface area contributed by atoms with Crippen LogP contribution in [0.5, 0.6) is 0 Å². The van der Waals surface area contributed by atoms with E-state index < -0.39 is 10.8 Å². The Morgan fingerprint density at radius 1 is 1.43 bits per heavy atom. The van der Waals surface area contributed by atoms with Gasteiger partial charge in [0.05, 0.1) is 6.61 Å². The monoisotopic (exact) mass is 221 g/mol. The van der Waals surface area contributed by atoms with Gasteiger partial charge in [0.1, 0.15) is 0 Å². The highest BCUT2D eigenvalue weighted by atomic mass is 32.2. The Kier molecular flexibility index (Phi) is 8.43. The van der Waals surface area contributed by atoms with Gasteiger partial charge in [-0.25, -0.2) is 0 Å². The molecule has 0 aromatic heterocycles. The number of nitrogens with one attached hydrogen (secondary N) is 1. The van der Waals surface area contributed by atoms with Crippen molar-refractivity contribution >= 4 is 10.8 Å². The zero-order valence-electron chi connectivity index (χ0n) is 9.71. The van der Waals surface area contributed by atoms with Crippen molar-refractivity contribution in [1.82, 2.24) is 5.32 Å². The lowest BCUT2D eigenvalue weighted by Crippen LogP contribution is -2.38. The summed E-state index contributed by atoms with van der Waals surface area (Å²) in [6.45, 7) is 6.02. The molecular formula is C10H23NO2S. The highest BCUT2D eigenvalue weighted by molar-refractivity contribution is 7.84. The van der Waals surface area contributed by atoms with Gasteiger partial charge in [-0.1, -0.05) is 13.8 Å². The van der Waals surface area contributed by atoms with Crippen molar-refractivity contribution < 1.29 is 8.95 Å². The van der Waals surface area contributed by atoms with Crippen LogP contribution in [0.2, 0.25) is 0 Å². The van der Waals surface area contributed by atoms with E-state index >= 15 is 0 Å². The van der Waals surface area contributed by atoms with Crippen LogP contribution in [0.1, 0.15) is 20.3 Å². The standard InChI is InChI=1S/C10H23NO2S/c1-9(2)10(8-13-3)11-6-5-7-14(4)12/h9-11H,5-8H2,1-4H3. The topological polar surface area (TPSA) is 38.3 Å². The third-order valence-corrected chi connectivity index (χ3v) is 3.03. The molecule has 0 aliphatic rings. The van der Waals surface area contributed by atoms with Crippen LogP contribution in [-0.4, -0.2) is 42.5 Å². The van der Waals surface area contributed by atoms with Gasteiger partial charge in [-0.3, -0.25) is 4.21 Å². The smallest absolute Gasteiger partial charge is 0.0618 e. The molecule has 3 nitrogen and oxygen atoms in total. The molecule has 0 aliphatic heterocycles. The molecule has 0 heterocycles. The summed E-state index contributed by atoms with van der Waals surface area (Å²) in [6.07, 6.45) is 2.71. The Hall–Kier alpha value is 0.0700. The lowest BCUT2D eigenvalue weighted by Gasteiger charge is -2.21. The molecule has 0 spiro atoms. The first-order chi connectivity index (χ1) is 6.57. The van der Waals surface area contributed by atoms with Crippen LogP contribution >= 0.6 is 0 Å². The van der Waals surface area contributed by atoms with Gasteiger partial charge in [0.25, 0.3) is 0 Å². The summed E-state index contributed by atoms with van der Waals surface area (Å²) in [5, 5.41) is 3.42. The second-order valence-corrected chi connectivity index (χ2v) is 5.45. The van der Waals surface area contributed by atoms with E-state index in [9.17, 15) is 4.21 Å². The largest absolute Gasteiger partial charge is 0.383 e. The fraction of sp³-hybridized carbons (Fsp3) is 1.00. The quantitative estimate of drug-likeness (QED) is 0.622. The molecule has 0 bridgehead atoms. The SMILES string of the molecule is COCC(NCCCS(C)=O)C(C)C. The summed E-state index contributed by atoms with van der Waals surface area (Å²) < 4.78 is 15.9. The number of hydrogen-bond acceptors (Lipinski definition) is 3. The predicted octanol–water partition coefficient (Wildman–Crippen LogP) is 1.02. The maximum absolute atomic E-state index is 10.8. The van der Waals surface area contributed by atoms with Gasteiger partial charge in [0.15, 0.2) is 0 Å². The predicted molar refractivity (Wildman–Crippen MR) is 62.1 cm³/mol. The number of ether oxygens (including phenoxy) is 1. The molecule has 0 saturated heterocycles. The van der Waals surface area contributed by atoms with Crippen LogP contribution < -0.4 is 5.32 Å². The van der Waals surface area contributed by atoms with Gasteiger partial charge < -0.3 is 10.1 Å². The second-order valence-electron chi connectivity index (χ2n) is 3.89. The molecule has 14 heavy (non-hydrogen) atoms. The third-order valence-electron chi connectivity index (χ3n) is 2.17. The molecule has 2 unspecified atom stereocenters. The number of methoxy groups -OCH3 is 1. The van der Waals surface area contributed by atoms with E-state index in [1.807, 2.05) is 0 Å². The third kappa shape index (κ3) is 7.47. The van der Waals surface area contributed by atoms with Crippen molar-refractivity contribution in [2.24, 2.45) is 5.92 Å². The van der Waals surface area contributed by atoms with E-state index in [0.717, 1.165) is 25.3 Å². The highest BCUT2D eigenvalue weighted by Crippen LogP contribution is 2.01. The number of hydrogen-bond donors (Lipinski definition) is 1. The van der Waals surface area contributed by atoms with E-state index in [2.05, 4.69) is 19.2 Å². The molecule has 4 heteroatoms. The Bertz CT molecular complexity index is 162. The normalized spacial score (nSPS) is 15.8. The molecule has 0 fully saturated rings. The lowest BCUT2D eigenvalue weighted by molar-refractivity contribution is 0.147. The zero-order valence-corrected chi connectivity index (χ0v) is 10.5. The molecule has 2 atom stereocenters. The fourth-order valence-electron chi connectivity index (χ4n) is 1.23. The van der Waals surface area contributed by atoms with Crippen LogP contribution in [0.4, 0.5) is 0 Å². The molecule has 86 valence electrons. The van der Waals surface area contributed by atoms with E-state index in [4.69, 9.17) is 4.74 Å². The minimum absolute atomic E-state index is 0.408. The average molecular weight is 221 g/mol. The summed E-state index contributed by atoms with van der Waals surface area (Å²) in [5.74, 6) is 1.35. The van der Waals surface area contributed by atoms with Crippen LogP contribution in [0, 0.1) is 5.92 Å². The second kappa shape index (κ2) is 8.38. The molecule has 0 amide bonds.